The molecule has 0 radical (unpaired) electrons. The number of H-pyrrole nitrogens is 1. The Labute approximate surface area is 126 Å². The van der Waals surface area contributed by atoms with Gasteiger partial charge < -0.3 is 9.47 Å². The van der Waals surface area contributed by atoms with Gasteiger partial charge in [-0.25, -0.2) is 0 Å². The molecule has 17 heavy (non-hydrogen) atoms. The molecule has 0 aliphatic rings. The Morgan fingerprint density at radius 1 is 1.18 bits per heavy atom. The number of aromatic nitrogens is 4. The smallest absolute Gasteiger partial charge is 0.233 e. The normalized spacial score (nSPS) is 9.47. The summed E-state index contributed by atoms with van der Waals surface area (Å²) >= 11 is 4.31. The molecule has 0 unspecified atom stereocenters. The van der Waals surface area contributed by atoms with Gasteiger partial charge in [-0.15, -0.1) is 10.2 Å². The van der Waals surface area contributed by atoms with E-state index in [0.717, 1.165) is 7.40 Å². The van der Waals surface area contributed by atoms with E-state index in [2.05, 4.69) is 60.5 Å². The Morgan fingerprint density at radius 3 is 2.06 bits per heavy atom. The molecule has 6 nitrogen and oxygen atoms in total. The Hall–Kier alpha value is -0.520. The summed E-state index contributed by atoms with van der Waals surface area (Å²) in [7, 11) is 5.08. The van der Waals surface area contributed by atoms with Crippen LogP contribution in [0.4, 0.5) is 0 Å². The Morgan fingerprint density at radius 2 is 1.82 bits per heavy atom. The highest BCUT2D eigenvalue weighted by Gasteiger charge is 1.98. The van der Waals surface area contributed by atoms with Crippen molar-refractivity contribution in [2.24, 2.45) is 7.05 Å². The standard InChI is InChI=1S/C5H7IN2O.C4H5IN2O/c1-8-4(6)3-5(7-8)9-2;1-8-4-2-3(5)6-7-4/h3H,1-2H3;2H,1H3,(H,6,7). The first-order valence-electron chi connectivity index (χ1n) is 4.55. The van der Waals surface area contributed by atoms with Crippen molar-refractivity contribution in [1.29, 1.82) is 0 Å². The van der Waals surface area contributed by atoms with Crippen LogP contribution in [0.1, 0.15) is 0 Å². The maximum atomic E-state index is 4.88. The van der Waals surface area contributed by atoms with Crippen molar-refractivity contribution in [2.45, 2.75) is 0 Å². The predicted molar refractivity (Wildman–Crippen MR) is 80.3 cm³/mol. The van der Waals surface area contributed by atoms with Crippen LogP contribution in [0.3, 0.4) is 0 Å². The number of hydrogen-bond donors (Lipinski definition) is 1. The van der Waals surface area contributed by atoms with Crippen molar-refractivity contribution in [2.75, 3.05) is 14.2 Å². The summed E-state index contributed by atoms with van der Waals surface area (Å²) in [5, 5.41) is 10.5. The van der Waals surface area contributed by atoms with Crippen LogP contribution in [0.25, 0.3) is 0 Å². The highest BCUT2D eigenvalue weighted by molar-refractivity contribution is 14.1. The van der Waals surface area contributed by atoms with Gasteiger partial charge in [0.2, 0.25) is 11.8 Å². The quantitative estimate of drug-likeness (QED) is 0.695. The molecule has 8 heteroatoms. The lowest BCUT2D eigenvalue weighted by atomic mass is 10.7. The number of aryl methyl sites for hydroxylation is 1. The molecule has 2 aromatic heterocycles. The van der Waals surface area contributed by atoms with Gasteiger partial charge in [-0.3, -0.25) is 9.78 Å². The summed E-state index contributed by atoms with van der Waals surface area (Å²) in [6.45, 7) is 0. The molecule has 1 N–H and O–H groups in total. The van der Waals surface area contributed by atoms with Gasteiger partial charge >= 0.3 is 0 Å². The molecule has 2 aromatic rings. The summed E-state index contributed by atoms with van der Waals surface area (Å²) < 4.78 is 13.5. The number of aromatic amines is 1. The van der Waals surface area contributed by atoms with Crippen LogP contribution in [-0.2, 0) is 7.05 Å². The Balaban J connectivity index is 0.000000171. The fourth-order valence-electron chi connectivity index (χ4n) is 0.906. The minimum atomic E-state index is 0.634. The fraction of sp³-hybridized carbons (Fsp3) is 0.333. The van der Waals surface area contributed by atoms with Gasteiger partial charge in [0.25, 0.3) is 0 Å². The lowest BCUT2D eigenvalue weighted by Gasteiger charge is -1.88. The molecule has 0 bridgehead atoms. The number of halogens is 2. The number of rotatable bonds is 2. The summed E-state index contributed by atoms with van der Waals surface area (Å²) in [5.74, 6) is 1.30. The van der Waals surface area contributed by atoms with E-state index in [1.165, 1.54) is 0 Å². The molecule has 0 aliphatic heterocycles. The van der Waals surface area contributed by atoms with E-state index >= 15 is 0 Å². The Kier molecular flexibility index (Phi) is 6.02. The molecular formula is C9H12I2N4O2. The summed E-state index contributed by atoms with van der Waals surface area (Å²) in [5.41, 5.74) is 0. The summed E-state index contributed by atoms with van der Waals surface area (Å²) in [6.07, 6.45) is 0. The lowest BCUT2D eigenvalue weighted by Crippen LogP contribution is -1.92. The average Bonchev–Trinajstić information content (AvgIpc) is 2.87. The molecule has 0 spiro atoms. The molecule has 0 aromatic carbocycles. The van der Waals surface area contributed by atoms with E-state index in [4.69, 9.17) is 9.47 Å². The van der Waals surface area contributed by atoms with Crippen molar-refractivity contribution in [1.82, 2.24) is 20.0 Å². The molecule has 0 aliphatic carbocycles. The SMILES string of the molecule is COc1cc(I)[nH]n1.COc1cc(I)n(C)n1. The predicted octanol–water partition coefficient (Wildman–Crippen LogP) is 2.06. The highest BCUT2D eigenvalue weighted by atomic mass is 127. The van der Waals surface area contributed by atoms with Crippen molar-refractivity contribution in [3.05, 3.63) is 19.5 Å². The van der Waals surface area contributed by atoms with E-state index < -0.39 is 0 Å². The second kappa shape index (κ2) is 7.03. The zero-order valence-electron chi connectivity index (χ0n) is 9.57. The van der Waals surface area contributed by atoms with Crippen LogP contribution in [0, 0.1) is 7.40 Å². The van der Waals surface area contributed by atoms with Gasteiger partial charge in [0, 0.05) is 19.2 Å². The maximum absolute atomic E-state index is 4.88. The third-order valence-electron chi connectivity index (χ3n) is 1.74. The third-order valence-corrected chi connectivity index (χ3v) is 3.30. The molecule has 0 fully saturated rings. The molecule has 0 saturated carbocycles. The van der Waals surface area contributed by atoms with Gasteiger partial charge in [0.15, 0.2) is 0 Å². The van der Waals surface area contributed by atoms with Gasteiger partial charge in [-0.2, -0.15) is 0 Å². The van der Waals surface area contributed by atoms with Crippen LogP contribution in [0.15, 0.2) is 12.1 Å². The zero-order valence-corrected chi connectivity index (χ0v) is 13.9. The third kappa shape index (κ3) is 4.69. The fourth-order valence-corrected chi connectivity index (χ4v) is 1.67. The molecule has 0 amide bonds. The molecule has 94 valence electrons. The maximum Gasteiger partial charge on any atom is 0.233 e. The van der Waals surface area contributed by atoms with Crippen LogP contribution in [0.2, 0.25) is 0 Å². The van der Waals surface area contributed by atoms with E-state index in [-0.39, 0.29) is 0 Å². The largest absolute Gasteiger partial charge is 0.480 e. The molecule has 2 rings (SSSR count). The molecular weight excluding hydrogens is 450 g/mol. The second-order valence-corrected chi connectivity index (χ2v) is 5.16. The van der Waals surface area contributed by atoms with Crippen molar-refractivity contribution in [3.8, 4) is 11.8 Å². The first-order chi connectivity index (χ1) is 8.06. The molecule has 2 heterocycles. The topological polar surface area (TPSA) is 65.0 Å². The van der Waals surface area contributed by atoms with Gasteiger partial charge in [-0.1, -0.05) is 0 Å². The number of methoxy groups -OCH3 is 2. The van der Waals surface area contributed by atoms with E-state index in [9.17, 15) is 0 Å². The van der Waals surface area contributed by atoms with Crippen LogP contribution >= 0.6 is 45.2 Å². The van der Waals surface area contributed by atoms with Crippen molar-refractivity contribution >= 4 is 45.2 Å². The summed E-state index contributed by atoms with van der Waals surface area (Å²) in [4.78, 5) is 0. The molecule has 0 atom stereocenters. The van der Waals surface area contributed by atoms with Crippen molar-refractivity contribution < 1.29 is 9.47 Å². The van der Waals surface area contributed by atoms with E-state index in [1.807, 2.05) is 19.2 Å². The molecule has 0 saturated heterocycles. The van der Waals surface area contributed by atoms with Gasteiger partial charge in [0.1, 0.15) is 3.70 Å². The number of nitrogens with zero attached hydrogens (tertiary/aromatic N) is 3. The van der Waals surface area contributed by atoms with Gasteiger partial charge in [-0.05, 0) is 45.2 Å². The minimum Gasteiger partial charge on any atom is -0.480 e. The average molecular weight is 462 g/mol. The highest BCUT2D eigenvalue weighted by Crippen LogP contribution is 2.11. The van der Waals surface area contributed by atoms with Crippen LogP contribution in [-0.4, -0.2) is 34.2 Å². The van der Waals surface area contributed by atoms with E-state index in [1.54, 1.807) is 18.9 Å². The minimum absolute atomic E-state index is 0.634. The number of nitrogens with one attached hydrogen (secondary N) is 1. The van der Waals surface area contributed by atoms with E-state index in [0.29, 0.717) is 11.8 Å². The number of hydrogen-bond acceptors (Lipinski definition) is 4. The zero-order chi connectivity index (χ0) is 12.8. The lowest BCUT2D eigenvalue weighted by molar-refractivity contribution is 0.392. The first kappa shape index (κ1) is 14.5. The van der Waals surface area contributed by atoms with Crippen molar-refractivity contribution in [3.63, 3.8) is 0 Å². The first-order valence-corrected chi connectivity index (χ1v) is 6.71. The summed E-state index contributed by atoms with van der Waals surface area (Å²) in [6, 6.07) is 3.70. The number of ether oxygens (including phenoxy) is 2. The van der Waals surface area contributed by atoms with Gasteiger partial charge in [0.05, 0.1) is 17.9 Å². The van der Waals surface area contributed by atoms with Crippen LogP contribution < -0.4 is 9.47 Å². The Bertz CT molecular complexity index is 450. The second-order valence-electron chi connectivity index (χ2n) is 2.89. The van der Waals surface area contributed by atoms with Crippen LogP contribution in [0.5, 0.6) is 11.8 Å². The monoisotopic (exact) mass is 462 g/mol.